The summed E-state index contributed by atoms with van der Waals surface area (Å²) in [6, 6.07) is 10.7. The van der Waals surface area contributed by atoms with Crippen LogP contribution in [0.25, 0.3) is 16.7 Å². The van der Waals surface area contributed by atoms with Crippen LogP contribution in [0.4, 0.5) is 20.4 Å². The predicted molar refractivity (Wildman–Crippen MR) is 110 cm³/mol. The van der Waals surface area contributed by atoms with Crippen LogP contribution in [0, 0.1) is 11.6 Å². The number of fused-ring (bicyclic) bond motifs is 3. The zero-order valence-electron chi connectivity index (χ0n) is 15.9. The van der Waals surface area contributed by atoms with E-state index in [1.54, 1.807) is 30.3 Å². The third-order valence-electron chi connectivity index (χ3n) is 4.62. The quantitative estimate of drug-likeness (QED) is 0.404. The van der Waals surface area contributed by atoms with Gasteiger partial charge in [0, 0.05) is 30.8 Å². The number of rotatable bonds is 7. The number of aliphatic hydroxyl groups excluding tert-OH is 1. The Morgan fingerprint density at radius 3 is 2.63 bits per heavy atom. The number of carbonyl (C=O) groups excluding carboxylic acids is 1. The summed E-state index contributed by atoms with van der Waals surface area (Å²) in [4.78, 5) is 21.3. The fourth-order valence-electron chi connectivity index (χ4n) is 3.16. The zero-order valence-corrected chi connectivity index (χ0v) is 15.9. The first-order valence-corrected chi connectivity index (χ1v) is 9.46. The van der Waals surface area contributed by atoms with E-state index in [4.69, 9.17) is 5.11 Å². The average molecular weight is 411 g/mol. The standard InChI is InChI=1S/C21H19F2N5O2/c22-14-10-16-17(11-15(14)23)28-18(27-21(30)13-6-2-1-3-7-13)12-25-20(28)19(26-16)24-8-4-5-9-29/h1-3,6-7,10-12,29H,4-5,8-9H2,(H,24,26)(H,27,30). The van der Waals surface area contributed by atoms with E-state index in [1.165, 1.54) is 10.6 Å². The molecule has 0 radical (unpaired) electrons. The molecule has 0 saturated heterocycles. The number of halogens is 2. The lowest BCUT2D eigenvalue weighted by molar-refractivity contribution is 0.102. The molecule has 0 spiro atoms. The molecule has 9 heteroatoms. The number of carbonyl (C=O) groups is 1. The number of aromatic nitrogens is 3. The Morgan fingerprint density at radius 1 is 1.10 bits per heavy atom. The van der Waals surface area contributed by atoms with E-state index in [0.717, 1.165) is 12.1 Å². The molecule has 4 aromatic rings. The number of nitrogens with zero attached hydrogens (tertiary/aromatic N) is 3. The first kappa shape index (κ1) is 19.7. The van der Waals surface area contributed by atoms with Crippen molar-refractivity contribution in [3.63, 3.8) is 0 Å². The maximum absolute atomic E-state index is 14.0. The minimum Gasteiger partial charge on any atom is -0.396 e. The third-order valence-corrected chi connectivity index (χ3v) is 4.62. The maximum atomic E-state index is 14.0. The van der Waals surface area contributed by atoms with E-state index in [1.807, 2.05) is 0 Å². The molecule has 0 aliphatic carbocycles. The summed E-state index contributed by atoms with van der Waals surface area (Å²) in [5.74, 6) is -1.73. The molecule has 2 heterocycles. The first-order chi connectivity index (χ1) is 14.6. The highest BCUT2D eigenvalue weighted by Gasteiger charge is 2.17. The zero-order chi connectivity index (χ0) is 21.1. The number of aliphatic hydroxyl groups is 1. The van der Waals surface area contributed by atoms with Crippen LogP contribution in [0.15, 0.2) is 48.7 Å². The van der Waals surface area contributed by atoms with Crippen molar-refractivity contribution in [1.82, 2.24) is 14.4 Å². The molecule has 7 nitrogen and oxygen atoms in total. The molecule has 0 fully saturated rings. The Hall–Kier alpha value is -3.59. The van der Waals surface area contributed by atoms with Crippen molar-refractivity contribution in [2.24, 2.45) is 0 Å². The van der Waals surface area contributed by atoms with Gasteiger partial charge in [0.1, 0.15) is 5.82 Å². The Balaban J connectivity index is 1.80. The third kappa shape index (κ3) is 3.79. The molecule has 4 rings (SSSR count). The van der Waals surface area contributed by atoms with Crippen LogP contribution in [0.3, 0.4) is 0 Å². The minimum atomic E-state index is -1.02. The van der Waals surface area contributed by atoms with Crippen LogP contribution in [0.2, 0.25) is 0 Å². The highest BCUT2D eigenvalue weighted by molar-refractivity contribution is 6.04. The summed E-state index contributed by atoms with van der Waals surface area (Å²) in [5.41, 5.74) is 1.29. The van der Waals surface area contributed by atoms with Gasteiger partial charge in [-0.1, -0.05) is 18.2 Å². The van der Waals surface area contributed by atoms with Crippen molar-refractivity contribution < 1.29 is 18.7 Å². The summed E-state index contributed by atoms with van der Waals surface area (Å²) in [7, 11) is 0. The fourth-order valence-corrected chi connectivity index (χ4v) is 3.16. The van der Waals surface area contributed by atoms with Gasteiger partial charge in [0.15, 0.2) is 23.1 Å². The molecule has 2 aromatic carbocycles. The van der Waals surface area contributed by atoms with Crippen molar-refractivity contribution in [3.05, 3.63) is 65.9 Å². The molecule has 0 saturated carbocycles. The van der Waals surface area contributed by atoms with Gasteiger partial charge in [-0.05, 0) is 25.0 Å². The summed E-state index contributed by atoms with van der Waals surface area (Å²) in [6.07, 6.45) is 2.75. The van der Waals surface area contributed by atoms with Gasteiger partial charge in [0.05, 0.1) is 17.2 Å². The highest BCUT2D eigenvalue weighted by Crippen LogP contribution is 2.27. The van der Waals surface area contributed by atoms with Gasteiger partial charge in [0.25, 0.3) is 5.91 Å². The van der Waals surface area contributed by atoms with Crippen LogP contribution in [-0.2, 0) is 0 Å². The van der Waals surface area contributed by atoms with Crippen molar-refractivity contribution in [2.75, 3.05) is 23.8 Å². The minimum absolute atomic E-state index is 0.0752. The summed E-state index contributed by atoms with van der Waals surface area (Å²) >= 11 is 0. The molecule has 0 aliphatic heterocycles. The second-order valence-electron chi connectivity index (χ2n) is 6.70. The van der Waals surface area contributed by atoms with Gasteiger partial charge in [0.2, 0.25) is 0 Å². The Morgan fingerprint density at radius 2 is 1.87 bits per heavy atom. The molecule has 0 atom stereocenters. The monoisotopic (exact) mass is 411 g/mol. The molecule has 154 valence electrons. The SMILES string of the molecule is O=C(Nc1cnc2c(NCCCCO)nc3cc(F)c(F)cc3n12)c1ccccc1. The number of amides is 1. The number of hydrogen-bond donors (Lipinski definition) is 3. The Kier molecular flexibility index (Phi) is 5.53. The fraction of sp³-hybridized carbons (Fsp3) is 0.190. The lowest BCUT2D eigenvalue weighted by Gasteiger charge is -2.12. The average Bonchev–Trinajstić information content (AvgIpc) is 3.17. The first-order valence-electron chi connectivity index (χ1n) is 9.46. The van der Waals surface area contributed by atoms with Gasteiger partial charge >= 0.3 is 0 Å². The van der Waals surface area contributed by atoms with Crippen LogP contribution in [0.5, 0.6) is 0 Å². The van der Waals surface area contributed by atoms with Gasteiger partial charge in [-0.15, -0.1) is 0 Å². The van der Waals surface area contributed by atoms with Crippen molar-refractivity contribution >= 4 is 34.2 Å². The van der Waals surface area contributed by atoms with E-state index >= 15 is 0 Å². The summed E-state index contributed by atoms with van der Waals surface area (Å²) < 4.78 is 29.3. The molecular weight excluding hydrogens is 392 g/mol. The number of benzene rings is 2. The number of hydrogen-bond acceptors (Lipinski definition) is 5. The van der Waals surface area contributed by atoms with Crippen molar-refractivity contribution in [1.29, 1.82) is 0 Å². The Bertz CT molecular complexity index is 1210. The summed E-state index contributed by atoms with van der Waals surface area (Å²) in [5, 5.41) is 14.8. The van der Waals surface area contributed by atoms with Gasteiger partial charge in [-0.3, -0.25) is 9.20 Å². The molecule has 1 amide bonds. The molecule has 2 aromatic heterocycles. The number of imidazole rings is 1. The Labute approximate surface area is 170 Å². The van der Waals surface area contributed by atoms with Crippen molar-refractivity contribution in [2.45, 2.75) is 12.8 Å². The second kappa shape index (κ2) is 8.42. The lowest BCUT2D eigenvalue weighted by Crippen LogP contribution is -2.14. The van der Waals surface area contributed by atoms with Gasteiger partial charge < -0.3 is 15.7 Å². The topological polar surface area (TPSA) is 91.5 Å². The smallest absolute Gasteiger partial charge is 0.256 e. The molecule has 0 aliphatic rings. The van der Waals surface area contributed by atoms with Crippen LogP contribution < -0.4 is 10.6 Å². The van der Waals surface area contributed by atoms with E-state index in [9.17, 15) is 13.6 Å². The van der Waals surface area contributed by atoms with Crippen LogP contribution in [-0.4, -0.2) is 38.5 Å². The number of anilines is 2. The van der Waals surface area contributed by atoms with E-state index in [0.29, 0.717) is 42.2 Å². The molecular formula is C21H19F2N5O2. The largest absolute Gasteiger partial charge is 0.396 e. The van der Waals surface area contributed by atoms with Crippen LogP contribution >= 0.6 is 0 Å². The molecule has 0 unspecified atom stereocenters. The van der Waals surface area contributed by atoms with Gasteiger partial charge in [-0.2, -0.15) is 0 Å². The maximum Gasteiger partial charge on any atom is 0.256 e. The van der Waals surface area contributed by atoms with E-state index in [-0.39, 0.29) is 23.5 Å². The van der Waals surface area contributed by atoms with Crippen LogP contribution in [0.1, 0.15) is 23.2 Å². The second-order valence-corrected chi connectivity index (χ2v) is 6.70. The van der Waals surface area contributed by atoms with E-state index < -0.39 is 11.6 Å². The van der Waals surface area contributed by atoms with Crippen molar-refractivity contribution in [3.8, 4) is 0 Å². The predicted octanol–water partition coefficient (Wildman–Crippen LogP) is 3.60. The highest BCUT2D eigenvalue weighted by atomic mass is 19.2. The molecule has 3 N–H and O–H groups in total. The van der Waals surface area contributed by atoms with E-state index in [2.05, 4.69) is 20.6 Å². The molecule has 30 heavy (non-hydrogen) atoms. The van der Waals surface area contributed by atoms with Gasteiger partial charge in [-0.25, -0.2) is 18.7 Å². The summed E-state index contributed by atoms with van der Waals surface area (Å²) in [6.45, 7) is 0.586. The molecule has 0 bridgehead atoms. The number of unbranched alkanes of at least 4 members (excludes halogenated alkanes) is 1. The number of nitrogens with one attached hydrogen (secondary N) is 2. The lowest BCUT2D eigenvalue weighted by atomic mass is 10.2. The normalized spacial score (nSPS) is 11.2.